The molecule has 0 unspecified atom stereocenters. The van der Waals surface area contributed by atoms with Crippen molar-refractivity contribution >= 4 is 5.97 Å². The van der Waals surface area contributed by atoms with Gasteiger partial charge in [0, 0.05) is 5.57 Å². The van der Waals surface area contributed by atoms with Crippen LogP contribution < -0.4 is 0 Å². The van der Waals surface area contributed by atoms with E-state index < -0.39 is 0 Å². The number of esters is 1. The fourth-order valence-corrected chi connectivity index (χ4v) is 4.09. The Kier molecular flexibility index (Phi) is 23.3. The lowest BCUT2D eigenvalue weighted by Gasteiger charge is -2.08. The van der Waals surface area contributed by atoms with E-state index in [2.05, 4.69) is 27.4 Å². The molecule has 0 aromatic rings. The standard InChI is InChI=1S/C29H56O2/c1-5-6-7-8-9-10-11-12-13-14-15-16-17-18-19-22-25-28(4)29(30)31-26-23-20-21-24-27(2)3/h27H,4-26H2,1-3H3. The zero-order chi connectivity index (χ0) is 23.0. The lowest BCUT2D eigenvalue weighted by atomic mass is 10.0. The average Bonchev–Trinajstić information content (AvgIpc) is 2.75. The molecule has 0 bridgehead atoms. The minimum absolute atomic E-state index is 0.176. The molecule has 0 saturated heterocycles. The molecule has 0 aromatic carbocycles. The zero-order valence-corrected chi connectivity index (χ0v) is 21.7. The van der Waals surface area contributed by atoms with E-state index in [1.165, 1.54) is 109 Å². The van der Waals surface area contributed by atoms with Crippen LogP contribution >= 0.6 is 0 Å². The van der Waals surface area contributed by atoms with Gasteiger partial charge >= 0.3 is 5.97 Å². The van der Waals surface area contributed by atoms with Crippen molar-refractivity contribution in [3.63, 3.8) is 0 Å². The lowest BCUT2D eigenvalue weighted by Crippen LogP contribution is -2.08. The molecule has 0 aliphatic heterocycles. The van der Waals surface area contributed by atoms with E-state index in [0.29, 0.717) is 12.2 Å². The molecule has 0 fully saturated rings. The molecular weight excluding hydrogens is 380 g/mol. The van der Waals surface area contributed by atoms with Gasteiger partial charge in [0.15, 0.2) is 0 Å². The molecule has 0 aliphatic carbocycles. The van der Waals surface area contributed by atoms with Crippen LogP contribution in [0.25, 0.3) is 0 Å². The van der Waals surface area contributed by atoms with Gasteiger partial charge in [0.1, 0.15) is 0 Å². The molecule has 0 radical (unpaired) electrons. The minimum atomic E-state index is -0.176. The third-order valence-electron chi connectivity index (χ3n) is 6.28. The molecule has 0 aromatic heterocycles. The van der Waals surface area contributed by atoms with Gasteiger partial charge in [0.25, 0.3) is 0 Å². The first-order valence-corrected chi connectivity index (χ1v) is 13.9. The number of ether oxygens (including phenoxy) is 1. The first-order chi connectivity index (χ1) is 15.1. The molecule has 0 spiro atoms. The number of carbonyl (C=O) groups is 1. The van der Waals surface area contributed by atoms with Crippen molar-refractivity contribution in [1.82, 2.24) is 0 Å². The monoisotopic (exact) mass is 436 g/mol. The number of hydrogen-bond acceptors (Lipinski definition) is 2. The van der Waals surface area contributed by atoms with Gasteiger partial charge in [-0.1, -0.05) is 143 Å². The van der Waals surface area contributed by atoms with Crippen molar-refractivity contribution in [2.24, 2.45) is 5.92 Å². The largest absolute Gasteiger partial charge is 0.462 e. The summed E-state index contributed by atoms with van der Waals surface area (Å²) < 4.78 is 5.35. The van der Waals surface area contributed by atoms with Gasteiger partial charge < -0.3 is 4.74 Å². The normalized spacial score (nSPS) is 11.2. The summed E-state index contributed by atoms with van der Waals surface area (Å²) in [5, 5.41) is 0. The van der Waals surface area contributed by atoms with Gasteiger partial charge in [0.05, 0.1) is 6.61 Å². The van der Waals surface area contributed by atoms with E-state index in [0.717, 1.165) is 31.6 Å². The van der Waals surface area contributed by atoms with Crippen molar-refractivity contribution in [2.75, 3.05) is 6.61 Å². The zero-order valence-electron chi connectivity index (χ0n) is 21.7. The smallest absolute Gasteiger partial charge is 0.333 e. The van der Waals surface area contributed by atoms with Gasteiger partial charge in [-0.25, -0.2) is 4.79 Å². The van der Waals surface area contributed by atoms with E-state index in [9.17, 15) is 4.79 Å². The van der Waals surface area contributed by atoms with Gasteiger partial charge in [0.2, 0.25) is 0 Å². The Morgan fingerprint density at radius 3 is 1.52 bits per heavy atom. The van der Waals surface area contributed by atoms with Crippen LogP contribution in [0.3, 0.4) is 0 Å². The summed E-state index contributed by atoms with van der Waals surface area (Å²) in [6.45, 7) is 11.3. The van der Waals surface area contributed by atoms with E-state index in [1.54, 1.807) is 0 Å². The van der Waals surface area contributed by atoms with Crippen LogP contribution in [0.2, 0.25) is 0 Å². The lowest BCUT2D eigenvalue weighted by molar-refractivity contribution is -0.139. The molecule has 0 atom stereocenters. The Bertz CT molecular complexity index is 400. The minimum Gasteiger partial charge on any atom is -0.462 e. The van der Waals surface area contributed by atoms with Crippen molar-refractivity contribution < 1.29 is 9.53 Å². The highest BCUT2D eigenvalue weighted by Crippen LogP contribution is 2.15. The van der Waals surface area contributed by atoms with Crippen LogP contribution in [0, 0.1) is 5.92 Å². The summed E-state index contributed by atoms with van der Waals surface area (Å²) >= 11 is 0. The summed E-state index contributed by atoms with van der Waals surface area (Å²) in [4.78, 5) is 12.0. The van der Waals surface area contributed by atoms with E-state index >= 15 is 0 Å². The molecule has 0 N–H and O–H groups in total. The third-order valence-corrected chi connectivity index (χ3v) is 6.28. The molecule has 0 rings (SSSR count). The third kappa shape index (κ3) is 23.7. The first-order valence-electron chi connectivity index (χ1n) is 13.9. The number of carbonyl (C=O) groups excluding carboxylic acids is 1. The highest BCUT2D eigenvalue weighted by Gasteiger charge is 2.08. The maximum absolute atomic E-state index is 12.0. The van der Waals surface area contributed by atoms with Crippen molar-refractivity contribution in [3.8, 4) is 0 Å². The van der Waals surface area contributed by atoms with E-state index in [4.69, 9.17) is 4.74 Å². The summed E-state index contributed by atoms with van der Waals surface area (Å²) in [7, 11) is 0. The Morgan fingerprint density at radius 2 is 1.06 bits per heavy atom. The van der Waals surface area contributed by atoms with Crippen LogP contribution in [0.15, 0.2) is 12.2 Å². The average molecular weight is 437 g/mol. The van der Waals surface area contributed by atoms with Crippen molar-refractivity contribution in [3.05, 3.63) is 12.2 Å². The summed E-state index contributed by atoms with van der Waals surface area (Å²) in [5.74, 6) is 0.590. The predicted octanol–water partition coefficient (Wildman–Crippen LogP) is 9.95. The van der Waals surface area contributed by atoms with Crippen LogP contribution in [0.1, 0.15) is 156 Å². The summed E-state index contributed by atoms with van der Waals surface area (Å²) in [5.41, 5.74) is 0.660. The summed E-state index contributed by atoms with van der Waals surface area (Å²) in [6, 6.07) is 0. The summed E-state index contributed by atoms with van der Waals surface area (Å²) in [6.07, 6.45) is 27.3. The van der Waals surface area contributed by atoms with Crippen LogP contribution in [-0.2, 0) is 9.53 Å². The van der Waals surface area contributed by atoms with E-state index in [-0.39, 0.29) is 5.97 Å². The van der Waals surface area contributed by atoms with Crippen molar-refractivity contribution in [2.45, 2.75) is 156 Å². The van der Waals surface area contributed by atoms with Gasteiger partial charge in [-0.15, -0.1) is 0 Å². The molecule has 0 heterocycles. The van der Waals surface area contributed by atoms with E-state index in [1.807, 2.05) is 0 Å². The first kappa shape index (κ1) is 30.2. The predicted molar refractivity (Wildman–Crippen MR) is 138 cm³/mol. The molecule has 0 amide bonds. The molecule has 2 nitrogen and oxygen atoms in total. The molecule has 184 valence electrons. The Morgan fingerprint density at radius 1 is 0.645 bits per heavy atom. The maximum Gasteiger partial charge on any atom is 0.333 e. The molecular formula is C29H56O2. The quantitative estimate of drug-likeness (QED) is 0.0854. The van der Waals surface area contributed by atoms with Crippen LogP contribution in [0.4, 0.5) is 0 Å². The number of unbranched alkanes of at least 4 members (excludes halogenated alkanes) is 17. The number of rotatable bonds is 24. The number of hydrogen-bond donors (Lipinski definition) is 0. The second kappa shape index (κ2) is 23.9. The molecule has 31 heavy (non-hydrogen) atoms. The second-order valence-corrected chi connectivity index (χ2v) is 10.0. The Hall–Kier alpha value is -0.790. The highest BCUT2D eigenvalue weighted by molar-refractivity contribution is 5.87. The Balaban J connectivity index is 3.28. The fraction of sp³-hybridized carbons (Fsp3) is 0.897. The SMILES string of the molecule is C=C(CCCCCCCCCCCCCCCCCC)C(=O)OCCCCCC(C)C. The maximum atomic E-state index is 12.0. The molecule has 0 aliphatic rings. The Labute approximate surface area is 196 Å². The topological polar surface area (TPSA) is 26.3 Å². The van der Waals surface area contributed by atoms with Crippen LogP contribution in [0.5, 0.6) is 0 Å². The fourth-order valence-electron chi connectivity index (χ4n) is 4.09. The van der Waals surface area contributed by atoms with Gasteiger partial charge in [-0.3, -0.25) is 0 Å². The second-order valence-electron chi connectivity index (χ2n) is 10.0. The van der Waals surface area contributed by atoms with Gasteiger partial charge in [-0.05, 0) is 25.2 Å². The van der Waals surface area contributed by atoms with Gasteiger partial charge in [-0.2, -0.15) is 0 Å². The van der Waals surface area contributed by atoms with Crippen LogP contribution in [-0.4, -0.2) is 12.6 Å². The molecule has 0 saturated carbocycles. The highest BCUT2D eigenvalue weighted by atomic mass is 16.5. The van der Waals surface area contributed by atoms with Crippen molar-refractivity contribution in [1.29, 1.82) is 0 Å². The molecule has 2 heteroatoms.